The molecule has 0 radical (unpaired) electrons. The normalized spacial score (nSPS) is 12.8. The first-order valence-corrected chi connectivity index (χ1v) is 5.25. The first-order valence-electron chi connectivity index (χ1n) is 4.45. The molecule has 1 rings (SSSR count). The summed E-state index contributed by atoms with van der Waals surface area (Å²) >= 11 is 3.48. The van der Waals surface area contributed by atoms with E-state index in [-0.39, 0.29) is 6.04 Å². The zero-order valence-electron chi connectivity index (χ0n) is 7.54. The van der Waals surface area contributed by atoms with E-state index in [0.29, 0.717) is 6.54 Å². The Kier molecular flexibility index (Phi) is 4.42. The maximum absolute atomic E-state index is 6.00. The average Bonchev–Trinajstić information content (AvgIpc) is 2.15. The Bertz CT molecular complexity index is 263. The predicted octanol–water partition coefficient (Wildman–Crippen LogP) is 2.19. The Labute approximate surface area is 87.4 Å². The van der Waals surface area contributed by atoms with Crippen LogP contribution in [0.4, 0.5) is 0 Å². The molecule has 1 aromatic rings. The molecule has 72 valence electrons. The smallest absolute Gasteiger partial charge is 0.0306 e. The number of nitrogens with two attached hydrogens (primary N) is 2. The summed E-state index contributed by atoms with van der Waals surface area (Å²) in [4.78, 5) is 0. The van der Waals surface area contributed by atoms with E-state index in [4.69, 9.17) is 11.5 Å². The van der Waals surface area contributed by atoms with Crippen molar-refractivity contribution in [2.24, 2.45) is 11.5 Å². The van der Waals surface area contributed by atoms with Crippen LogP contribution in [0.25, 0.3) is 0 Å². The number of rotatable bonds is 4. The molecule has 0 spiro atoms. The average molecular weight is 243 g/mol. The van der Waals surface area contributed by atoms with E-state index in [0.717, 1.165) is 22.9 Å². The number of hydrogen-bond acceptors (Lipinski definition) is 2. The van der Waals surface area contributed by atoms with Gasteiger partial charge in [0.05, 0.1) is 0 Å². The van der Waals surface area contributed by atoms with E-state index >= 15 is 0 Å². The quantitative estimate of drug-likeness (QED) is 0.851. The standard InChI is InChI=1S/C10H15BrN2/c11-9-5-2-1-4-8(9)10(13)6-3-7-12/h1-2,4-5,10H,3,6-7,12-13H2/t10-/m1/s1. The summed E-state index contributed by atoms with van der Waals surface area (Å²) in [5.41, 5.74) is 12.6. The van der Waals surface area contributed by atoms with E-state index in [1.54, 1.807) is 0 Å². The van der Waals surface area contributed by atoms with E-state index in [9.17, 15) is 0 Å². The van der Waals surface area contributed by atoms with E-state index < -0.39 is 0 Å². The largest absolute Gasteiger partial charge is 0.330 e. The lowest BCUT2D eigenvalue weighted by molar-refractivity contribution is 0.616. The molecule has 13 heavy (non-hydrogen) atoms. The third kappa shape index (κ3) is 3.10. The van der Waals surface area contributed by atoms with E-state index in [2.05, 4.69) is 15.9 Å². The van der Waals surface area contributed by atoms with Crippen molar-refractivity contribution in [3.8, 4) is 0 Å². The number of hydrogen-bond donors (Lipinski definition) is 2. The SMILES string of the molecule is NCCC[C@@H](N)c1ccccc1Br. The first kappa shape index (κ1) is 10.7. The van der Waals surface area contributed by atoms with Gasteiger partial charge in [0.15, 0.2) is 0 Å². The molecule has 0 aliphatic rings. The second-order valence-corrected chi connectivity index (χ2v) is 3.91. The van der Waals surface area contributed by atoms with Crippen LogP contribution in [0.3, 0.4) is 0 Å². The molecule has 0 aliphatic carbocycles. The summed E-state index contributed by atoms with van der Waals surface area (Å²) in [7, 11) is 0. The number of benzene rings is 1. The van der Waals surface area contributed by atoms with Crippen molar-refractivity contribution in [1.29, 1.82) is 0 Å². The highest BCUT2D eigenvalue weighted by atomic mass is 79.9. The Morgan fingerprint density at radius 2 is 2.00 bits per heavy atom. The van der Waals surface area contributed by atoms with Gasteiger partial charge in [-0.2, -0.15) is 0 Å². The molecule has 4 N–H and O–H groups in total. The highest BCUT2D eigenvalue weighted by Crippen LogP contribution is 2.23. The summed E-state index contributed by atoms with van der Waals surface area (Å²) in [6, 6.07) is 8.15. The van der Waals surface area contributed by atoms with Gasteiger partial charge in [-0.05, 0) is 31.0 Å². The second kappa shape index (κ2) is 5.37. The highest BCUT2D eigenvalue weighted by molar-refractivity contribution is 9.10. The summed E-state index contributed by atoms with van der Waals surface area (Å²) < 4.78 is 1.08. The molecule has 2 nitrogen and oxygen atoms in total. The van der Waals surface area contributed by atoms with Crippen LogP contribution in [-0.2, 0) is 0 Å². The molecule has 0 fully saturated rings. The maximum atomic E-state index is 6.00. The lowest BCUT2D eigenvalue weighted by Gasteiger charge is -2.12. The Morgan fingerprint density at radius 3 is 2.62 bits per heavy atom. The fourth-order valence-corrected chi connectivity index (χ4v) is 1.85. The molecule has 3 heteroatoms. The van der Waals surface area contributed by atoms with Gasteiger partial charge in [0.25, 0.3) is 0 Å². The molecule has 0 saturated heterocycles. The Morgan fingerprint density at radius 1 is 1.31 bits per heavy atom. The highest BCUT2D eigenvalue weighted by Gasteiger charge is 2.07. The van der Waals surface area contributed by atoms with Crippen LogP contribution < -0.4 is 11.5 Å². The summed E-state index contributed by atoms with van der Waals surface area (Å²) in [5, 5.41) is 0. The molecule has 0 bridgehead atoms. The molecule has 0 saturated carbocycles. The van der Waals surface area contributed by atoms with Crippen molar-refractivity contribution < 1.29 is 0 Å². The van der Waals surface area contributed by atoms with Gasteiger partial charge in [-0.25, -0.2) is 0 Å². The molecule has 0 aromatic heterocycles. The second-order valence-electron chi connectivity index (χ2n) is 3.06. The van der Waals surface area contributed by atoms with Crippen LogP contribution in [0.15, 0.2) is 28.7 Å². The van der Waals surface area contributed by atoms with E-state index in [1.807, 2.05) is 24.3 Å². The fraction of sp³-hybridized carbons (Fsp3) is 0.400. The van der Waals surface area contributed by atoms with Crippen molar-refractivity contribution in [2.45, 2.75) is 18.9 Å². The van der Waals surface area contributed by atoms with Gasteiger partial charge in [-0.15, -0.1) is 0 Å². The zero-order chi connectivity index (χ0) is 9.68. The van der Waals surface area contributed by atoms with Gasteiger partial charge in [0, 0.05) is 10.5 Å². The zero-order valence-corrected chi connectivity index (χ0v) is 9.13. The molecule has 1 atom stereocenters. The van der Waals surface area contributed by atoms with Crippen molar-refractivity contribution in [3.63, 3.8) is 0 Å². The van der Waals surface area contributed by atoms with Crippen molar-refractivity contribution in [3.05, 3.63) is 34.3 Å². The molecule has 0 aliphatic heterocycles. The van der Waals surface area contributed by atoms with Crippen molar-refractivity contribution in [2.75, 3.05) is 6.54 Å². The summed E-state index contributed by atoms with van der Waals surface area (Å²) in [6.45, 7) is 0.707. The molecule has 0 heterocycles. The lowest BCUT2D eigenvalue weighted by Crippen LogP contribution is -2.12. The van der Waals surface area contributed by atoms with Crippen LogP contribution in [0.2, 0.25) is 0 Å². The van der Waals surface area contributed by atoms with Crippen LogP contribution in [0.5, 0.6) is 0 Å². The molecule has 0 unspecified atom stereocenters. The van der Waals surface area contributed by atoms with Crippen LogP contribution in [0, 0.1) is 0 Å². The van der Waals surface area contributed by atoms with Gasteiger partial charge in [0.2, 0.25) is 0 Å². The van der Waals surface area contributed by atoms with Crippen LogP contribution >= 0.6 is 15.9 Å². The van der Waals surface area contributed by atoms with Gasteiger partial charge in [0.1, 0.15) is 0 Å². The minimum atomic E-state index is 0.0964. The maximum Gasteiger partial charge on any atom is 0.0306 e. The monoisotopic (exact) mass is 242 g/mol. The topological polar surface area (TPSA) is 52.0 Å². The molecule has 1 aromatic carbocycles. The number of halogens is 1. The molecular weight excluding hydrogens is 228 g/mol. The van der Waals surface area contributed by atoms with Gasteiger partial charge in [-0.1, -0.05) is 34.1 Å². The third-order valence-electron chi connectivity index (χ3n) is 2.02. The van der Waals surface area contributed by atoms with Crippen molar-refractivity contribution >= 4 is 15.9 Å². The van der Waals surface area contributed by atoms with Crippen LogP contribution in [0.1, 0.15) is 24.4 Å². The van der Waals surface area contributed by atoms with E-state index in [1.165, 1.54) is 0 Å². The van der Waals surface area contributed by atoms with Crippen molar-refractivity contribution in [1.82, 2.24) is 0 Å². The Balaban J connectivity index is 2.65. The lowest BCUT2D eigenvalue weighted by atomic mass is 10.0. The van der Waals surface area contributed by atoms with Crippen LogP contribution in [-0.4, -0.2) is 6.54 Å². The summed E-state index contributed by atoms with van der Waals surface area (Å²) in [6.07, 6.45) is 1.92. The first-order chi connectivity index (χ1) is 6.25. The van der Waals surface area contributed by atoms with Gasteiger partial charge >= 0.3 is 0 Å². The third-order valence-corrected chi connectivity index (χ3v) is 2.75. The molecule has 0 amide bonds. The van der Waals surface area contributed by atoms with Gasteiger partial charge in [-0.3, -0.25) is 0 Å². The van der Waals surface area contributed by atoms with Gasteiger partial charge < -0.3 is 11.5 Å². The predicted molar refractivity (Wildman–Crippen MR) is 59.4 cm³/mol. The summed E-state index contributed by atoms with van der Waals surface area (Å²) in [5.74, 6) is 0. The fourth-order valence-electron chi connectivity index (χ4n) is 1.27. The minimum absolute atomic E-state index is 0.0964. The Hall–Kier alpha value is -0.380. The minimum Gasteiger partial charge on any atom is -0.330 e. The molecular formula is C10H15BrN2.